The smallest absolute Gasteiger partial charge is 0.186 e. The van der Waals surface area contributed by atoms with Gasteiger partial charge in [0.2, 0.25) is 0 Å². The monoisotopic (exact) mass is 137 g/mol. The highest BCUT2D eigenvalue weighted by Gasteiger charge is 1.61. The Bertz CT molecular complexity index is 80.7. The summed E-state index contributed by atoms with van der Waals surface area (Å²) in [4.78, 5) is 0. The van der Waals surface area contributed by atoms with Crippen molar-refractivity contribution >= 4 is 30.2 Å². The zero-order chi connectivity index (χ0) is 4.24. The Balaban J connectivity index is 3.00. The molecule has 1 radical (unpaired) electrons. The molecule has 0 aliphatic carbocycles. The molecule has 0 unspecified atom stereocenters. The van der Waals surface area contributed by atoms with E-state index in [1.807, 2.05) is 0 Å². The molecule has 1 N–H and O–H groups in total. The van der Waals surface area contributed by atoms with Gasteiger partial charge in [-0.2, -0.15) is 5.10 Å². The fraction of sp³-hybridized carbons (Fsp3) is 0. The molecule has 0 fully saturated rings. The van der Waals surface area contributed by atoms with Gasteiger partial charge in [-0.25, -0.2) is 4.49 Å². The lowest BCUT2D eigenvalue weighted by Gasteiger charge is -1.68. The van der Waals surface area contributed by atoms with Gasteiger partial charge in [-0.3, -0.25) is 0 Å². The van der Waals surface area contributed by atoms with Gasteiger partial charge in [0.05, 0.1) is 0 Å². The van der Waals surface area contributed by atoms with Gasteiger partial charge in [-0.15, -0.1) is 0 Å². The molecule has 0 aromatic carbocycles. The van der Waals surface area contributed by atoms with Gasteiger partial charge < -0.3 is 0 Å². The maximum Gasteiger partial charge on any atom is 0.186 e. The van der Waals surface area contributed by atoms with E-state index in [9.17, 15) is 0 Å². The number of nitrogens with one attached hydrogen (secondary N) is 1. The van der Waals surface area contributed by atoms with E-state index >= 15 is 0 Å². The molecule has 0 saturated carbocycles. The molecule has 1 aromatic heterocycles. The SMILES string of the molecule is [c]1n[nH]sss1. The molecule has 0 aliphatic heterocycles. The van der Waals surface area contributed by atoms with Crippen molar-refractivity contribution in [2.45, 2.75) is 0 Å². The average molecular weight is 137 g/mol. The molecule has 1 rings (SSSR count). The maximum absolute atomic E-state index is 3.58. The molecule has 33 valence electrons. The fourth-order valence-corrected chi connectivity index (χ4v) is 1.78. The topological polar surface area (TPSA) is 28.7 Å². The highest BCUT2D eigenvalue weighted by atomic mass is 33.2. The van der Waals surface area contributed by atoms with Gasteiger partial charge in [0.1, 0.15) is 0 Å². The van der Waals surface area contributed by atoms with E-state index in [0.717, 1.165) is 0 Å². The van der Waals surface area contributed by atoms with Gasteiger partial charge in [0.15, 0.2) is 5.51 Å². The van der Waals surface area contributed by atoms with E-state index < -0.39 is 0 Å². The van der Waals surface area contributed by atoms with Crippen molar-refractivity contribution in [1.29, 1.82) is 0 Å². The number of rotatable bonds is 0. The maximum atomic E-state index is 3.58. The molecule has 0 amide bonds. The third kappa shape index (κ3) is 1.08. The van der Waals surface area contributed by atoms with Crippen molar-refractivity contribution in [3.8, 4) is 0 Å². The molecule has 2 nitrogen and oxygen atoms in total. The van der Waals surface area contributed by atoms with Crippen LogP contribution in [-0.4, -0.2) is 9.59 Å². The third-order valence-corrected chi connectivity index (χ3v) is 2.78. The molecule has 5 heteroatoms. The van der Waals surface area contributed by atoms with Crippen molar-refractivity contribution in [1.82, 2.24) is 9.59 Å². The average Bonchev–Trinajstić information content (AvgIpc) is 1.72. The summed E-state index contributed by atoms with van der Waals surface area (Å²) in [6, 6.07) is 0. The molecular weight excluding hydrogens is 136 g/mol. The molecule has 0 bridgehead atoms. The van der Waals surface area contributed by atoms with Crippen LogP contribution >= 0.6 is 30.2 Å². The molecule has 0 spiro atoms. The molecular formula is CHN2S3. The van der Waals surface area contributed by atoms with Gasteiger partial charge in [0.25, 0.3) is 0 Å². The van der Waals surface area contributed by atoms with E-state index in [1.165, 1.54) is 20.9 Å². The van der Waals surface area contributed by atoms with Crippen molar-refractivity contribution < 1.29 is 0 Å². The normalized spacial score (nSPS) is 8.00. The summed E-state index contributed by atoms with van der Waals surface area (Å²) in [7, 11) is 4.60. The van der Waals surface area contributed by atoms with E-state index in [0.29, 0.717) is 0 Å². The first-order chi connectivity index (χ1) is 3.00. The van der Waals surface area contributed by atoms with Crippen molar-refractivity contribution in [3.05, 3.63) is 5.51 Å². The first kappa shape index (κ1) is 4.29. The molecule has 0 saturated heterocycles. The summed E-state index contributed by atoms with van der Waals surface area (Å²) in [6.45, 7) is 0. The zero-order valence-corrected chi connectivity index (χ0v) is 5.12. The fourth-order valence-electron chi connectivity index (χ4n) is 0.103. The second-order valence-electron chi connectivity index (χ2n) is 0.529. The molecule has 1 aromatic rings. The van der Waals surface area contributed by atoms with Crippen LogP contribution in [-0.2, 0) is 0 Å². The van der Waals surface area contributed by atoms with Crippen molar-refractivity contribution in [2.75, 3.05) is 0 Å². The van der Waals surface area contributed by atoms with Gasteiger partial charge in [0, 0.05) is 10.5 Å². The first-order valence-corrected chi connectivity index (χ1v) is 4.67. The minimum absolute atomic E-state index is 1.50. The number of H-pyrrole nitrogens is 1. The minimum atomic E-state index is 1.50. The van der Waals surface area contributed by atoms with Crippen LogP contribution in [0.25, 0.3) is 0 Å². The molecule has 0 aliphatic rings. The Kier molecular flexibility index (Phi) is 1.67. The lowest BCUT2D eigenvalue weighted by molar-refractivity contribution is 1.15. The summed E-state index contributed by atoms with van der Waals surface area (Å²) < 4.78 is 2.66. The van der Waals surface area contributed by atoms with E-state index in [-0.39, 0.29) is 0 Å². The summed E-state index contributed by atoms with van der Waals surface area (Å²) in [5.41, 5.74) is 2.66. The number of aromatic amines is 1. The summed E-state index contributed by atoms with van der Waals surface area (Å²) in [5.74, 6) is 0. The molecule has 1 heterocycles. The third-order valence-electron chi connectivity index (χ3n) is 0.234. The van der Waals surface area contributed by atoms with E-state index in [1.54, 1.807) is 9.34 Å². The van der Waals surface area contributed by atoms with Crippen LogP contribution < -0.4 is 0 Å². The highest BCUT2D eigenvalue weighted by molar-refractivity contribution is 7.92. The molecule has 0 atom stereocenters. The van der Waals surface area contributed by atoms with Gasteiger partial charge >= 0.3 is 0 Å². The largest absolute Gasteiger partial charge is 0.221 e. The van der Waals surface area contributed by atoms with Crippen LogP contribution in [0.3, 0.4) is 0 Å². The van der Waals surface area contributed by atoms with Crippen molar-refractivity contribution in [2.24, 2.45) is 0 Å². The quantitative estimate of drug-likeness (QED) is 0.540. The summed E-state index contributed by atoms with van der Waals surface area (Å²) >= 11 is 0. The van der Waals surface area contributed by atoms with Gasteiger partial charge in [-0.05, 0) is 19.7 Å². The van der Waals surface area contributed by atoms with Gasteiger partial charge in [-0.1, -0.05) is 0 Å². The Morgan fingerprint density at radius 3 is 2.83 bits per heavy atom. The zero-order valence-electron chi connectivity index (χ0n) is 2.67. The Labute approximate surface area is 45.7 Å². The predicted molar refractivity (Wildman–Crippen MR) is 28.7 cm³/mol. The van der Waals surface area contributed by atoms with Crippen LogP contribution in [0.1, 0.15) is 0 Å². The Hall–Kier alpha value is 0.130. The second kappa shape index (κ2) is 2.33. The number of hydrogen-bond donors (Lipinski definition) is 1. The number of aromatic nitrogens is 2. The van der Waals surface area contributed by atoms with E-state index in [2.05, 4.69) is 15.1 Å². The standard InChI is InChI=1S/CHN2S3/c1-2-3-5-6-4-1/h3H. The Morgan fingerprint density at radius 1 is 1.67 bits per heavy atom. The Morgan fingerprint density at radius 2 is 2.67 bits per heavy atom. The number of hydrogen-bond acceptors (Lipinski definition) is 4. The summed E-state index contributed by atoms with van der Waals surface area (Å²) in [6.07, 6.45) is 0. The number of nitrogens with zero attached hydrogens (tertiary/aromatic N) is 1. The van der Waals surface area contributed by atoms with Crippen LogP contribution in [0.5, 0.6) is 0 Å². The highest BCUT2D eigenvalue weighted by Crippen LogP contribution is 2.02. The first-order valence-electron chi connectivity index (χ1n) is 1.19. The van der Waals surface area contributed by atoms with Crippen molar-refractivity contribution in [3.63, 3.8) is 0 Å². The minimum Gasteiger partial charge on any atom is -0.221 e. The summed E-state index contributed by atoms with van der Waals surface area (Å²) in [5, 5.41) is 3.58. The lowest BCUT2D eigenvalue weighted by atomic mass is 11.7. The van der Waals surface area contributed by atoms with Crippen LogP contribution in [0.2, 0.25) is 0 Å². The van der Waals surface area contributed by atoms with Crippen LogP contribution in [0.4, 0.5) is 0 Å². The molecule has 6 heavy (non-hydrogen) atoms. The van der Waals surface area contributed by atoms with Crippen LogP contribution in [0, 0.1) is 5.51 Å². The van der Waals surface area contributed by atoms with Crippen LogP contribution in [0.15, 0.2) is 0 Å². The second-order valence-corrected chi connectivity index (χ2v) is 4.00. The lowest BCUT2D eigenvalue weighted by Crippen LogP contribution is -1.60. The predicted octanol–water partition coefficient (Wildman–Crippen LogP) is 1.52. The van der Waals surface area contributed by atoms with E-state index in [4.69, 9.17) is 0 Å².